The second-order valence-corrected chi connectivity index (χ2v) is 24.5. The SMILES string of the molecule is CC[C@H]1OC(=O)[C@H](C)[C@@H](O[C@H]2C[C@@](C)(OC)[C@@H](OC(=O)CCOCCOc3ccc4c(c3)c(=O)c(C(=O)OC(C)C)cn4C3CC3)[C@H](C)O2)[C@H](C)[C@@H](O[C@@H]2O[C@H](C)C[C@H](N(C)C)[C@H]2O)[C@](C)(O)C[C@@H](C)CN(C)[C@H](C)[C@@H](O)[C@]1(C)O. The van der Waals surface area contributed by atoms with Crippen LogP contribution in [0.3, 0.4) is 0 Å². The van der Waals surface area contributed by atoms with Crippen LogP contribution in [0, 0.1) is 17.8 Å². The molecule has 3 aliphatic heterocycles. The van der Waals surface area contributed by atoms with Crippen LogP contribution in [0.15, 0.2) is 29.2 Å². The second-order valence-electron chi connectivity index (χ2n) is 24.5. The number of benzene rings is 1. The van der Waals surface area contributed by atoms with E-state index >= 15 is 0 Å². The van der Waals surface area contributed by atoms with Gasteiger partial charge in [0.2, 0.25) is 5.43 Å². The van der Waals surface area contributed by atoms with Crippen molar-refractivity contribution in [1.29, 1.82) is 0 Å². The molecule has 18 atom stereocenters. The standard InChI is InChI=1S/C59H95N3O18/c1-17-45-59(12,70)51(66)37(8)61(15)30-33(4)28-57(10,69)52(80-56-49(65)44(60(13)14)26-34(5)75-56)35(6)50(36(7)54(67)77-45)79-47-29-58(11,71-16)53(38(9)76-47)78-46(63)22-23-72-24-25-73-40-20-21-43-41(27-40)48(64)42(55(68)74-32(2)3)31-62(43)39-18-19-39/h20-21,27,31-39,44-45,47,49-53,56,65-66,69-70H,17-19,22-26,28-30H2,1-16H3/t33-,34-,35+,36-,37-,38+,44+,45-,47+,49-,50+,51-,52-,53+,56+,57-,58-,59-/m1/s1. The van der Waals surface area contributed by atoms with Gasteiger partial charge in [0.25, 0.3) is 0 Å². The number of carbonyl (C=O) groups is 3. The first-order valence-corrected chi connectivity index (χ1v) is 28.8. The lowest BCUT2D eigenvalue weighted by atomic mass is 9.77. The summed E-state index contributed by atoms with van der Waals surface area (Å²) in [4.78, 5) is 58.3. The monoisotopic (exact) mass is 1130 g/mol. The van der Waals surface area contributed by atoms with E-state index in [2.05, 4.69) is 0 Å². The third-order valence-electron chi connectivity index (χ3n) is 16.9. The number of esters is 3. The van der Waals surface area contributed by atoms with Crippen molar-refractivity contribution in [2.24, 2.45) is 17.8 Å². The molecule has 1 aromatic carbocycles. The minimum absolute atomic E-state index is 0.00468. The Morgan fingerprint density at radius 2 is 1.61 bits per heavy atom. The van der Waals surface area contributed by atoms with Crippen molar-refractivity contribution in [3.63, 3.8) is 0 Å². The average Bonchev–Trinajstić information content (AvgIpc) is 4.37. The smallest absolute Gasteiger partial charge is 0.343 e. The van der Waals surface area contributed by atoms with Crippen LogP contribution in [0.1, 0.15) is 144 Å². The highest BCUT2D eigenvalue weighted by atomic mass is 16.7. The predicted molar refractivity (Wildman–Crippen MR) is 296 cm³/mol. The van der Waals surface area contributed by atoms with E-state index in [1.807, 2.05) is 49.4 Å². The Hall–Kier alpha value is -3.84. The lowest BCUT2D eigenvalue weighted by molar-refractivity contribution is -0.318. The van der Waals surface area contributed by atoms with Gasteiger partial charge < -0.3 is 82.2 Å². The van der Waals surface area contributed by atoms with Crippen molar-refractivity contribution in [2.45, 2.75) is 230 Å². The van der Waals surface area contributed by atoms with Gasteiger partial charge in [0.15, 0.2) is 18.7 Å². The molecular formula is C59H95N3O18. The number of methoxy groups -OCH3 is 1. The minimum atomic E-state index is -1.87. The fourth-order valence-corrected chi connectivity index (χ4v) is 12.1. The summed E-state index contributed by atoms with van der Waals surface area (Å²) < 4.78 is 63.9. The van der Waals surface area contributed by atoms with Crippen molar-refractivity contribution in [2.75, 3.05) is 54.6 Å². The molecule has 4 aliphatic rings. The first-order valence-electron chi connectivity index (χ1n) is 28.8. The van der Waals surface area contributed by atoms with E-state index < -0.39 is 113 Å². The molecule has 0 radical (unpaired) electrons. The van der Waals surface area contributed by atoms with Gasteiger partial charge in [-0.3, -0.25) is 14.4 Å². The molecule has 4 heterocycles. The number of fused-ring (bicyclic) bond motifs is 1. The summed E-state index contributed by atoms with van der Waals surface area (Å²) in [6.07, 6.45) is -6.26. The average molecular weight is 1130 g/mol. The lowest BCUT2D eigenvalue weighted by Gasteiger charge is -2.49. The molecule has 4 fully saturated rings. The van der Waals surface area contributed by atoms with Crippen LogP contribution in [-0.2, 0) is 52.2 Å². The van der Waals surface area contributed by atoms with Gasteiger partial charge in [0.05, 0.1) is 72.6 Å². The summed E-state index contributed by atoms with van der Waals surface area (Å²) in [5, 5.41) is 48.5. The van der Waals surface area contributed by atoms with Gasteiger partial charge >= 0.3 is 17.9 Å². The molecule has 21 heteroatoms. The first-order chi connectivity index (χ1) is 37.4. The number of aliphatic hydroxyl groups is 4. The summed E-state index contributed by atoms with van der Waals surface area (Å²) >= 11 is 0. The van der Waals surface area contributed by atoms with E-state index in [4.69, 9.17) is 47.4 Å². The number of cyclic esters (lactones) is 1. The molecule has 80 heavy (non-hydrogen) atoms. The van der Waals surface area contributed by atoms with E-state index in [0.29, 0.717) is 29.6 Å². The van der Waals surface area contributed by atoms with Crippen molar-refractivity contribution in [1.82, 2.24) is 14.4 Å². The maximum atomic E-state index is 14.6. The summed E-state index contributed by atoms with van der Waals surface area (Å²) in [6, 6.07) is 4.46. The minimum Gasteiger partial charge on any atom is -0.491 e. The van der Waals surface area contributed by atoms with Gasteiger partial charge in [-0.15, -0.1) is 0 Å². The predicted octanol–water partition coefficient (Wildman–Crippen LogP) is 5.15. The van der Waals surface area contributed by atoms with E-state index in [0.717, 1.165) is 12.8 Å². The number of hydrogen-bond donors (Lipinski definition) is 4. The Morgan fingerprint density at radius 1 is 0.925 bits per heavy atom. The Balaban J connectivity index is 1.16. The van der Waals surface area contributed by atoms with Crippen LogP contribution in [0.25, 0.3) is 10.9 Å². The molecule has 4 N–H and O–H groups in total. The van der Waals surface area contributed by atoms with Gasteiger partial charge in [-0.25, -0.2) is 4.79 Å². The normalized spacial score (nSPS) is 37.2. The summed E-state index contributed by atoms with van der Waals surface area (Å²) in [7, 11) is 7.06. The van der Waals surface area contributed by atoms with Crippen molar-refractivity contribution in [3.05, 3.63) is 40.2 Å². The van der Waals surface area contributed by atoms with Crippen LogP contribution in [0.5, 0.6) is 5.75 Å². The molecule has 0 unspecified atom stereocenters. The summed E-state index contributed by atoms with van der Waals surface area (Å²) in [5.41, 5.74) is -4.46. The fraction of sp³-hybridized carbons (Fsp3) is 0.797. The number of pyridine rings is 1. The topological polar surface area (TPSA) is 253 Å². The number of aliphatic hydroxyl groups excluding tert-OH is 2. The van der Waals surface area contributed by atoms with Crippen molar-refractivity contribution in [3.8, 4) is 5.75 Å². The molecule has 21 nitrogen and oxygen atoms in total. The molecule has 454 valence electrons. The Kier molecular flexibility index (Phi) is 22.2. The van der Waals surface area contributed by atoms with Crippen molar-refractivity contribution >= 4 is 28.8 Å². The third-order valence-corrected chi connectivity index (χ3v) is 16.9. The number of ether oxygens (including phenoxy) is 10. The molecule has 1 aromatic heterocycles. The molecule has 0 spiro atoms. The Morgan fingerprint density at radius 3 is 2.24 bits per heavy atom. The van der Waals surface area contributed by atoms with Crippen LogP contribution < -0.4 is 10.2 Å². The number of nitrogens with zero attached hydrogens (tertiary/aromatic N) is 3. The Labute approximate surface area is 472 Å². The molecule has 3 saturated heterocycles. The molecule has 1 saturated carbocycles. The van der Waals surface area contributed by atoms with Gasteiger partial charge in [-0.05, 0) is 140 Å². The third kappa shape index (κ3) is 15.5. The Bertz CT molecular complexity index is 2450. The van der Waals surface area contributed by atoms with Crippen molar-refractivity contribution < 1.29 is 82.2 Å². The molecule has 1 aliphatic carbocycles. The zero-order valence-corrected chi connectivity index (χ0v) is 50.2. The summed E-state index contributed by atoms with van der Waals surface area (Å²) in [5.74, 6) is -3.74. The van der Waals surface area contributed by atoms with E-state index in [1.54, 1.807) is 86.7 Å². The van der Waals surface area contributed by atoms with E-state index in [-0.39, 0.29) is 81.3 Å². The fourth-order valence-electron chi connectivity index (χ4n) is 12.1. The number of likely N-dealkylation sites (N-methyl/N-ethyl adjacent to an activating group) is 2. The zero-order chi connectivity index (χ0) is 59.3. The maximum Gasteiger partial charge on any atom is 0.343 e. The van der Waals surface area contributed by atoms with Crippen LogP contribution in [0.2, 0.25) is 0 Å². The van der Waals surface area contributed by atoms with E-state index in [1.165, 1.54) is 14.0 Å². The highest BCUT2D eigenvalue weighted by Gasteiger charge is 2.54. The van der Waals surface area contributed by atoms with Crippen LogP contribution in [0.4, 0.5) is 0 Å². The zero-order valence-electron chi connectivity index (χ0n) is 50.2. The van der Waals surface area contributed by atoms with E-state index in [9.17, 15) is 39.6 Å². The number of carbonyl (C=O) groups excluding carboxylic acids is 3. The first kappa shape index (κ1) is 65.3. The van der Waals surface area contributed by atoms with Gasteiger partial charge in [-0.1, -0.05) is 20.8 Å². The lowest BCUT2D eigenvalue weighted by Crippen LogP contribution is -2.61. The maximum absolute atomic E-state index is 14.6. The molecule has 2 aromatic rings. The van der Waals surface area contributed by atoms with Crippen LogP contribution >= 0.6 is 0 Å². The molecule has 0 bridgehead atoms. The molecule has 6 rings (SSSR count). The number of rotatable bonds is 18. The largest absolute Gasteiger partial charge is 0.491 e. The number of aromatic nitrogens is 1. The highest BCUT2D eigenvalue weighted by Crippen LogP contribution is 2.42. The molecular weight excluding hydrogens is 1040 g/mol. The van der Waals surface area contributed by atoms with Crippen LogP contribution in [-0.4, -0.2) is 204 Å². The van der Waals surface area contributed by atoms with Gasteiger partial charge in [-0.2, -0.15) is 0 Å². The van der Waals surface area contributed by atoms with Gasteiger partial charge in [0.1, 0.15) is 47.4 Å². The molecule has 0 amide bonds. The summed E-state index contributed by atoms with van der Waals surface area (Å²) in [6.45, 7) is 21.5. The van der Waals surface area contributed by atoms with Gasteiger partial charge in [0, 0.05) is 50.3 Å². The quantitative estimate of drug-likeness (QED) is 0.0855. The highest BCUT2D eigenvalue weighted by molar-refractivity contribution is 5.94. The number of hydrogen-bond acceptors (Lipinski definition) is 20. The second kappa shape index (κ2) is 27.3.